The highest BCUT2D eigenvalue weighted by atomic mass is 16.4. The Morgan fingerprint density at radius 1 is 1.06 bits per heavy atom. The third-order valence-electron chi connectivity index (χ3n) is 3.01. The first-order chi connectivity index (χ1) is 8.57. The van der Waals surface area contributed by atoms with Gasteiger partial charge in [-0.25, -0.2) is 4.79 Å². The number of phenolic OH excluding ortho intramolecular Hbond substituents is 1. The summed E-state index contributed by atoms with van der Waals surface area (Å²) in [6, 6.07) is 2.90. The van der Waals surface area contributed by atoms with Crippen LogP contribution >= 0.6 is 0 Å². The van der Waals surface area contributed by atoms with Crippen molar-refractivity contribution in [3.8, 4) is 11.5 Å². The Kier molecular flexibility index (Phi) is 5.49. The first-order valence-corrected chi connectivity index (χ1v) is 6.35. The molecule has 0 aliphatic rings. The minimum atomic E-state index is -1.24. The summed E-state index contributed by atoms with van der Waals surface area (Å²) < 4.78 is 0. The number of aryl methyl sites for hydroxylation is 1. The molecule has 0 saturated carbocycles. The van der Waals surface area contributed by atoms with Crippen LogP contribution in [-0.4, -0.2) is 21.3 Å². The molecule has 0 amide bonds. The van der Waals surface area contributed by atoms with E-state index in [0.29, 0.717) is 12.0 Å². The van der Waals surface area contributed by atoms with Gasteiger partial charge in [-0.05, 0) is 24.5 Å². The first-order valence-electron chi connectivity index (χ1n) is 6.35. The van der Waals surface area contributed by atoms with Gasteiger partial charge in [0.05, 0.1) is 0 Å². The number of hydrogen-bond donors (Lipinski definition) is 3. The van der Waals surface area contributed by atoms with Gasteiger partial charge in [-0.3, -0.25) is 0 Å². The summed E-state index contributed by atoms with van der Waals surface area (Å²) in [5, 5.41) is 28.1. The van der Waals surface area contributed by atoms with E-state index < -0.39 is 11.7 Å². The minimum absolute atomic E-state index is 0.262. The van der Waals surface area contributed by atoms with Crippen LogP contribution in [0.2, 0.25) is 0 Å². The van der Waals surface area contributed by atoms with Crippen LogP contribution in [-0.2, 0) is 6.42 Å². The van der Waals surface area contributed by atoms with Crippen LogP contribution in [0, 0.1) is 0 Å². The zero-order valence-electron chi connectivity index (χ0n) is 10.6. The maximum Gasteiger partial charge on any atom is 0.339 e. The van der Waals surface area contributed by atoms with Gasteiger partial charge < -0.3 is 15.3 Å². The zero-order valence-corrected chi connectivity index (χ0v) is 10.6. The molecule has 18 heavy (non-hydrogen) atoms. The van der Waals surface area contributed by atoms with E-state index in [1.807, 2.05) is 0 Å². The largest absolute Gasteiger partial charge is 0.504 e. The quantitative estimate of drug-likeness (QED) is 0.514. The molecule has 0 atom stereocenters. The Balaban J connectivity index is 2.62. The fraction of sp³-hybridized carbons (Fsp3) is 0.500. The lowest BCUT2D eigenvalue weighted by molar-refractivity contribution is 0.0693. The van der Waals surface area contributed by atoms with E-state index in [0.717, 1.165) is 19.3 Å². The molecule has 1 aromatic carbocycles. The number of hydrogen-bond acceptors (Lipinski definition) is 3. The summed E-state index contributed by atoms with van der Waals surface area (Å²) in [4.78, 5) is 10.7. The van der Waals surface area contributed by atoms with Crippen LogP contribution in [0.5, 0.6) is 11.5 Å². The second-order valence-electron chi connectivity index (χ2n) is 4.44. The van der Waals surface area contributed by atoms with Crippen molar-refractivity contribution in [3.63, 3.8) is 0 Å². The summed E-state index contributed by atoms with van der Waals surface area (Å²) in [6.07, 6.45) is 6.21. The Bertz CT molecular complexity index is 413. The van der Waals surface area contributed by atoms with E-state index in [-0.39, 0.29) is 11.3 Å². The van der Waals surface area contributed by atoms with Gasteiger partial charge in [-0.1, -0.05) is 38.7 Å². The van der Waals surface area contributed by atoms with Crippen LogP contribution < -0.4 is 0 Å². The van der Waals surface area contributed by atoms with Crippen LogP contribution in [0.4, 0.5) is 0 Å². The highest BCUT2D eigenvalue weighted by Crippen LogP contribution is 2.33. The van der Waals surface area contributed by atoms with Gasteiger partial charge >= 0.3 is 5.97 Å². The number of phenols is 2. The summed E-state index contributed by atoms with van der Waals surface area (Å²) in [5.41, 5.74) is 0.344. The number of carboxylic acid groups (broad SMARTS) is 1. The van der Waals surface area contributed by atoms with Crippen molar-refractivity contribution < 1.29 is 20.1 Å². The van der Waals surface area contributed by atoms with E-state index in [2.05, 4.69) is 6.92 Å². The number of aromatic hydroxyl groups is 2. The van der Waals surface area contributed by atoms with Gasteiger partial charge in [0.1, 0.15) is 5.56 Å². The lowest BCUT2D eigenvalue weighted by Gasteiger charge is -2.08. The molecule has 0 spiro atoms. The maximum absolute atomic E-state index is 10.7. The standard InChI is InChI=1S/C14H20O4/c1-2-3-4-5-6-7-10-8-9-11(14(17)18)13(16)12(10)15/h8-9,15-16H,2-7H2,1H3,(H,17,18). The minimum Gasteiger partial charge on any atom is -0.504 e. The van der Waals surface area contributed by atoms with Crippen molar-refractivity contribution in [3.05, 3.63) is 23.3 Å². The molecule has 0 aromatic heterocycles. The van der Waals surface area contributed by atoms with E-state index >= 15 is 0 Å². The molecule has 0 bridgehead atoms. The van der Waals surface area contributed by atoms with Gasteiger partial charge in [0.15, 0.2) is 11.5 Å². The molecule has 0 aliphatic carbocycles. The van der Waals surface area contributed by atoms with Crippen LogP contribution in [0.3, 0.4) is 0 Å². The Morgan fingerprint density at radius 2 is 1.72 bits per heavy atom. The Hall–Kier alpha value is -1.71. The predicted molar refractivity (Wildman–Crippen MR) is 69.2 cm³/mol. The summed E-state index contributed by atoms with van der Waals surface area (Å²) in [7, 11) is 0. The number of benzene rings is 1. The highest BCUT2D eigenvalue weighted by molar-refractivity contribution is 5.92. The number of unbranched alkanes of at least 4 members (excludes halogenated alkanes) is 4. The van der Waals surface area contributed by atoms with Crippen molar-refractivity contribution in [2.45, 2.75) is 45.4 Å². The second-order valence-corrected chi connectivity index (χ2v) is 4.44. The van der Waals surface area contributed by atoms with Crippen molar-refractivity contribution in [1.29, 1.82) is 0 Å². The molecule has 0 heterocycles. The van der Waals surface area contributed by atoms with Crippen LogP contribution in [0.25, 0.3) is 0 Å². The molecule has 1 aromatic rings. The number of carbonyl (C=O) groups is 1. The third kappa shape index (κ3) is 3.65. The smallest absolute Gasteiger partial charge is 0.339 e. The summed E-state index contributed by atoms with van der Waals surface area (Å²) in [6.45, 7) is 2.15. The van der Waals surface area contributed by atoms with Gasteiger partial charge in [-0.2, -0.15) is 0 Å². The lowest BCUT2D eigenvalue weighted by Crippen LogP contribution is -1.98. The molecule has 0 fully saturated rings. The van der Waals surface area contributed by atoms with Gasteiger partial charge in [0.25, 0.3) is 0 Å². The van der Waals surface area contributed by atoms with E-state index in [9.17, 15) is 15.0 Å². The van der Waals surface area contributed by atoms with Crippen LogP contribution in [0.1, 0.15) is 54.9 Å². The van der Waals surface area contributed by atoms with Crippen molar-refractivity contribution in [2.75, 3.05) is 0 Å². The number of rotatable bonds is 7. The zero-order chi connectivity index (χ0) is 13.5. The molecule has 100 valence electrons. The molecule has 0 unspecified atom stereocenters. The second kappa shape index (κ2) is 6.89. The lowest BCUT2D eigenvalue weighted by atomic mass is 10.0. The van der Waals surface area contributed by atoms with Crippen molar-refractivity contribution in [2.24, 2.45) is 0 Å². The fourth-order valence-electron chi connectivity index (χ4n) is 1.91. The number of aromatic carboxylic acids is 1. The topological polar surface area (TPSA) is 77.8 Å². The molecule has 3 N–H and O–H groups in total. The van der Waals surface area contributed by atoms with Crippen molar-refractivity contribution in [1.82, 2.24) is 0 Å². The monoisotopic (exact) mass is 252 g/mol. The van der Waals surface area contributed by atoms with Gasteiger partial charge in [0, 0.05) is 0 Å². The molecular formula is C14H20O4. The van der Waals surface area contributed by atoms with E-state index in [1.54, 1.807) is 6.07 Å². The predicted octanol–water partition coefficient (Wildman–Crippen LogP) is 3.31. The van der Waals surface area contributed by atoms with E-state index in [1.165, 1.54) is 18.9 Å². The van der Waals surface area contributed by atoms with Crippen molar-refractivity contribution >= 4 is 5.97 Å². The molecular weight excluding hydrogens is 232 g/mol. The first kappa shape index (κ1) is 14.4. The van der Waals surface area contributed by atoms with Crippen LogP contribution in [0.15, 0.2) is 12.1 Å². The Labute approximate surface area is 107 Å². The highest BCUT2D eigenvalue weighted by Gasteiger charge is 2.15. The summed E-state index contributed by atoms with van der Waals surface area (Å²) in [5.74, 6) is -2.07. The fourth-order valence-corrected chi connectivity index (χ4v) is 1.91. The maximum atomic E-state index is 10.7. The molecule has 0 aliphatic heterocycles. The third-order valence-corrected chi connectivity index (χ3v) is 3.01. The normalized spacial score (nSPS) is 10.5. The molecule has 0 radical (unpaired) electrons. The van der Waals surface area contributed by atoms with Gasteiger partial charge in [-0.15, -0.1) is 0 Å². The van der Waals surface area contributed by atoms with Gasteiger partial charge in [0.2, 0.25) is 0 Å². The summed E-state index contributed by atoms with van der Waals surface area (Å²) >= 11 is 0. The molecule has 0 saturated heterocycles. The molecule has 4 nitrogen and oxygen atoms in total. The molecule has 1 rings (SSSR count). The molecule has 4 heteroatoms. The van der Waals surface area contributed by atoms with E-state index in [4.69, 9.17) is 5.11 Å². The SMILES string of the molecule is CCCCCCCc1ccc(C(=O)O)c(O)c1O. The average molecular weight is 252 g/mol. The average Bonchev–Trinajstić information content (AvgIpc) is 2.33. The number of carboxylic acids is 1. The Morgan fingerprint density at radius 3 is 2.33 bits per heavy atom.